The first-order valence-electron chi connectivity index (χ1n) is 13.0. The van der Waals surface area contributed by atoms with E-state index in [4.69, 9.17) is 24.7 Å². The maximum atomic E-state index is 14.1. The van der Waals surface area contributed by atoms with E-state index in [-0.39, 0.29) is 18.1 Å². The summed E-state index contributed by atoms with van der Waals surface area (Å²) < 4.78 is 49.8. The van der Waals surface area contributed by atoms with Gasteiger partial charge < -0.3 is 29.4 Å². The van der Waals surface area contributed by atoms with Crippen LogP contribution in [0.1, 0.15) is 52.0 Å². The fourth-order valence-electron chi connectivity index (χ4n) is 4.43. The predicted octanol–water partition coefficient (Wildman–Crippen LogP) is 3.51. The van der Waals surface area contributed by atoms with Gasteiger partial charge in [0.2, 0.25) is 9.84 Å². The number of hydrogen-bond donors (Lipinski definition) is 3. The average Bonchev–Trinajstić information content (AvgIpc) is 3.39. The zero-order valence-electron chi connectivity index (χ0n) is 23.0. The van der Waals surface area contributed by atoms with Crippen molar-refractivity contribution in [2.24, 2.45) is 5.73 Å². The number of carbonyl (C=O) groups is 1. The van der Waals surface area contributed by atoms with Crippen LogP contribution in [-0.4, -0.2) is 62.4 Å². The number of alkyl carbamates (subject to hydrolysis) is 1. The predicted molar refractivity (Wildman–Crippen MR) is 146 cm³/mol. The van der Waals surface area contributed by atoms with Gasteiger partial charge in [0, 0.05) is 7.11 Å². The third-order valence-electron chi connectivity index (χ3n) is 6.34. The summed E-state index contributed by atoms with van der Waals surface area (Å²) in [6, 6.07) is 13.5. The summed E-state index contributed by atoms with van der Waals surface area (Å²) in [7, 11) is -3.03. The van der Waals surface area contributed by atoms with Crippen molar-refractivity contribution in [3.05, 3.63) is 60.2 Å². The van der Waals surface area contributed by atoms with E-state index in [0.717, 1.165) is 18.4 Å². The van der Waals surface area contributed by atoms with Crippen LogP contribution in [0.4, 0.5) is 4.79 Å². The van der Waals surface area contributed by atoms with Gasteiger partial charge in [-0.3, -0.25) is 5.73 Å². The Morgan fingerprint density at radius 3 is 2.26 bits per heavy atom. The van der Waals surface area contributed by atoms with Gasteiger partial charge in [-0.05, 0) is 69.9 Å². The van der Waals surface area contributed by atoms with Gasteiger partial charge in [0.1, 0.15) is 17.5 Å². The van der Waals surface area contributed by atoms with Crippen molar-refractivity contribution in [1.29, 1.82) is 0 Å². The third-order valence-corrected chi connectivity index (χ3v) is 8.42. The number of hydrogen-bond acceptors (Lipinski definition) is 9. The van der Waals surface area contributed by atoms with Gasteiger partial charge in [-0.1, -0.05) is 43.2 Å². The maximum absolute atomic E-state index is 14.1. The molecule has 2 aromatic rings. The molecule has 11 heteroatoms. The molecule has 4 N–H and O–H groups in total. The average molecular weight is 565 g/mol. The molecule has 0 radical (unpaired) electrons. The highest BCUT2D eigenvalue weighted by atomic mass is 32.2. The maximum Gasteiger partial charge on any atom is 0.407 e. The Hall–Kier alpha value is -2.70. The number of aliphatic hydroxyl groups excluding tert-OH is 1. The Kier molecular flexibility index (Phi) is 10.4. The lowest BCUT2D eigenvalue weighted by Crippen LogP contribution is -2.66. The van der Waals surface area contributed by atoms with Crippen LogP contribution in [0.15, 0.2) is 59.5 Å². The fraction of sp³-hybridized carbons (Fsp3) is 0.536. The molecule has 0 saturated heterocycles. The smallest absolute Gasteiger partial charge is 0.407 e. The molecule has 39 heavy (non-hydrogen) atoms. The van der Waals surface area contributed by atoms with Gasteiger partial charge in [0.05, 0.1) is 17.0 Å². The quantitative estimate of drug-likeness (QED) is 0.330. The fourth-order valence-corrected chi connectivity index (χ4v) is 6.04. The molecule has 1 aliphatic carbocycles. The van der Waals surface area contributed by atoms with E-state index in [2.05, 4.69) is 5.32 Å². The molecule has 0 aromatic heterocycles. The van der Waals surface area contributed by atoms with E-state index in [1.807, 2.05) is 6.07 Å². The molecular weight excluding hydrogens is 524 g/mol. The molecule has 3 atom stereocenters. The van der Waals surface area contributed by atoms with Crippen LogP contribution < -0.4 is 15.8 Å². The highest BCUT2D eigenvalue weighted by molar-refractivity contribution is 7.92. The highest BCUT2D eigenvalue weighted by Crippen LogP contribution is 2.34. The monoisotopic (exact) mass is 564 g/mol. The number of nitrogens with two attached hydrogens (primary N) is 1. The Bertz CT molecular complexity index is 1160. The van der Waals surface area contributed by atoms with Crippen LogP contribution in [0.5, 0.6) is 5.75 Å². The second kappa shape index (κ2) is 13.1. The molecule has 216 valence electrons. The molecule has 0 spiro atoms. The van der Waals surface area contributed by atoms with E-state index < -0.39 is 44.8 Å². The molecule has 1 amide bonds. The molecule has 0 heterocycles. The number of rotatable bonds is 12. The van der Waals surface area contributed by atoms with Gasteiger partial charge in [0.15, 0.2) is 6.79 Å². The first-order valence-corrected chi connectivity index (χ1v) is 14.5. The minimum absolute atomic E-state index is 0.00602. The Morgan fingerprint density at radius 1 is 1.08 bits per heavy atom. The van der Waals surface area contributed by atoms with Gasteiger partial charge in [0.25, 0.3) is 5.06 Å². The topological polar surface area (TPSA) is 146 Å². The number of nitrogens with one attached hydrogen (secondary N) is 1. The minimum atomic E-state index is -4.51. The molecular formula is C28H40N2O8S. The molecule has 1 unspecified atom stereocenters. The molecule has 0 bridgehead atoms. The number of carbonyl (C=O) groups excluding carboxylic acids is 1. The van der Waals surface area contributed by atoms with Crippen molar-refractivity contribution < 1.29 is 37.3 Å². The van der Waals surface area contributed by atoms with Crippen molar-refractivity contribution in [3.63, 3.8) is 0 Å². The molecule has 3 rings (SSSR count). The van der Waals surface area contributed by atoms with Crippen molar-refractivity contribution in [3.8, 4) is 5.75 Å². The summed E-state index contributed by atoms with van der Waals surface area (Å²) in [5.74, 6) is 0.393. The SMILES string of the molecule is COCOc1ccc(S(=O)(=O)C(N)(OC2CCCC2)[C@H](O)[C@H](Cc2ccccc2)NC(=O)OC(C)(C)C)cc1. The Labute approximate surface area is 230 Å². The third kappa shape index (κ3) is 8.15. The van der Waals surface area contributed by atoms with Crippen LogP contribution >= 0.6 is 0 Å². The van der Waals surface area contributed by atoms with E-state index >= 15 is 0 Å². The van der Waals surface area contributed by atoms with Crippen molar-refractivity contribution in [2.75, 3.05) is 13.9 Å². The van der Waals surface area contributed by atoms with Crippen molar-refractivity contribution in [1.82, 2.24) is 5.32 Å². The summed E-state index contributed by atoms with van der Waals surface area (Å²) in [5, 5.41) is 11.8. The van der Waals surface area contributed by atoms with E-state index in [1.54, 1.807) is 45.0 Å². The molecule has 0 aliphatic heterocycles. The standard InChI is InChI=1S/C28H40N2O8S/c1-27(2,3)38-26(32)30-24(18-20-10-6-5-7-11-20)25(31)28(29,37-22-12-8-9-13-22)39(33,34)23-16-14-21(15-17-23)36-19-35-4/h5-7,10-11,14-17,22,24-25,31H,8-9,12-13,18-19,29H2,1-4H3,(H,30,32)/t24-,25+,28?/m0/s1. The van der Waals surface area contributed by atoms with Crippen LogP contribution in [0.25, 0.3) is 0 Å². The Morgan fingerprint density at radius 2 is 1.69 bits per heavy atom. The highest BCUT2D eigenvalue weighted by Gasteiger charge is 2.53. The van der Waals surface area contributed by atoms with Gasteiger partial charge in [-0.25, -0.2) is 13.2 Å². The Balaban J connectivity index is 2.01. The summed E-state index contributed by atoms with van der Waals surface area (Å²) in [6.07, 6.45) is -0.154. The molecule has 2 aromatic carbocycles. The first-order chi connectivity index (χ1) is 18.4. The zero-order chi connectivity index (χ0) is 28.7. The van der Waals surface area contributed by atoms with Gasteiger partial charge in [-0.15, -0.1) is 0 Å². The van der Waals surface area contributed by atoms with E-state index in [0.29, 0.717) is 18.6 Å². The van der Waals surface area contributed by atoms with E-state index in [9.17, 15) is 18.3 Å². The summed E-state index contributed by atoms with van der Waals surface area (Å²) in [6.45, 7) is 5.11. The summed E-state index contributed by atoms with van der Waals surface area (Å²) in [5.41, 5.74) is 6.54. The normalized spacial score (nSPS) is 17.7. The molecule has 10 nitrogen and oxygen atoms in total. The second-order valence-corrected chi connectivity index (χ2v) is 12.8. The van der Waals surface area contributed by atoms with Crippen LogP contribution in [0.3, 0.4) is 0 Å². The van der Waals surface area contributed by atoms with Crippen molar-refractivity contribution >= 4 is 15.9 Å². The number of aliphatic hydroxyl groups is 1. The summed E-state index contributed by atoms with van der Waals surface area (Å²) >= 11 is 0. The second-order valence-electron chi connectivity index (χ2n) is 10.7. The largest absolute Gasteiger partial charge is 0.468 e. The lowest BCUT2D eigenvalue weighted by atomic mass is 10.00. The molecule has 1 aliphatic rings. The van der Waals surface area contributed by atoms with Crippen LogP contribution in [0, 0.1) is 0 Å². The minimum Gasteiger partial charge on any atom is -0.468 e. The number of benzene rings is 2. The number of methoxy groups -OCH3 is 1. The van der Waals surface area contributed by atoms with E-state index in [1.165, 1.54) is 31.4 Å². The van der Waals surface area contributed by atoms with Crippen LogP contribution in [-0.2, 0) is 30.5 Å². The van der Waals surface area contributed by atoms with Gasteiger partial charge >= 0.3 is 6.09 Å². The molecule has 1 fully saturated rings. The summed E-state index contributed by atoms with van der Waals surface area (Å²) in [4.78, 5) is 12.6. The molecule has 1 saturated carbocycles. The van der Waals surface area contributed by atoms with Crippen molar-refractivity contribution in [2.45, 2.75) is 86.7 Å². The number of ether oxygens (including phenoxy) is 4. The lowest BCUT2D eigenvalue weighted by Gasteiger charge is -2.39. The lowest BCUT2D eigenvalue weighted by molar-refractivity contribution is -0.110. The number of sulfone groups is 1. The van der Waals surface area contributed by atoms with Crippen LogP contribution in [0.2, 0.25) is 0 Å². The zero-order valence-corrected chi connectivity index (χ0v) is 23.8. The number of amides is 1. The van der Waals surface area contributed by atoms with Gasteiger partial charge in [-0.2, -0.15) is 0 Å². The first kappa shape index (κ1) is 30.8.